The predicted molar refractivity (Wildman–Crippen MR) is 80.1 cm³/mol. The van der Waals surface area contributed by atoms with E-state index in [1.807, 2.05) is 0 Å². The molecule has 0 saturated heterocycles. The van der Waals surface area contributed by atoms with Crippen molar-refractivity contribution in [1.29, 1.82) is 0 Å². The van der Waals surface area contributed by atoms with Gasteiger partial charge in [0.2, 0.25) is 0 Å². The molecule has 0 aliphatic carbocycles. The molecule has 0 bridgehead atoms. The van der Waals surface area contributed by atoms with Crippen LogP contribution >= 0.6 is 0 Å². The molecular weight excluding hydrogens is 280 g/mol. The molecule has 0 aliphatic rings. The van der Waals surface area contributed by atoms with Gasteiger partial charge in [0, 0.05) is 0 Å². The highest BCUT2D eigenvalue weighted by molar-refractivity contribution is 7.85. The highest BCUT2D eigenvalue weighted by Gasteiger charge is 2.08. The van der Waals surface area contributed by atoms with Crippen LogP contribution < -0.4 is 0 Å². The fourth-order valence-electron chi connectivity index (χ4n) is 1.77. The first-order chi connectivity index (χ1) is 9.45. The summed E-state index contributed by atoms with van der Waals surface area (Å²) in [5, 5.41) is 0. The maximum absolute atomic E-state index is 10.5. The second-order valence-electron chi connectivity index (χ2n) is 4.91. The Morgan fingerprint density at radius 3 is 2.15 bits per heavy atom. The first-order valence-corrected chi connectivity index (χ1v) is 8.90. The van der Waals surface area contributed by atoms with Gasteiger partial charge >= 0.3 is 0 Å². The molecule has 0 radical (unpaired) electrons. The van der Waals surface area contributed by atoms with Gasteiger partial charge in [-0.1, -0.05) is 58.4 Å². The van der Waals surface area contributed by atoms with Gasteiger partial charge in [0.1, 0.15) is 11.5 Å². The Morgan fingerprint density at radius 2 is 1.60 bits per heavy atom. The maximum atomic E-state index is 10.5. The summed E-state index contributed by atoms with van der Waals surface area (Å²) >= 11 is 0. The van der Waals surface area contributed by atoms with Gasteiger partial charge in [0.15, 0.2) is 6.79 Å². The van der Waals surface area contributed by atoms with E-state index in [1.165, 1.54) is 38.5 Å². The SMILES string of the molecule is C=C(CS(=O)(=O)O)OCOCCCCCCCCCC. The molecule has 0 rings (SSSR count). The lowest BCUT2D eigenvalue weighted by molar-refractivity contribution is -0.0231. The van der Waals surface area contributed by atoms with E-state index in [-0.39, 0.29) is 12.6 Å². The maximum Gasteiger partial charge on any atom is 0.272 e. The smallest absolute Gasteiger partial charge is 0.272 e. The van der Waals surface area contributed by atoms with Gasteiger partial charge in [-0.25, -0.2) is 0 Å². The summed E-state index contributed by atoms with van der Waals surface area (Å²) in [4.78, 5) is 0. The highest BCUT2D eigenvalue weighted by atomic mass is 32.2. The average Bonchev–Trinajstić information content (AvgIpc) is 2.34. The van der Waals surface area contributed by atoms with Gasteiger partial charge in [-0.2, -0.15) is 8.42 Å². The molecule has 1 N–H and O–H groups in total. The van der Waals surface area contributed by atoms with Crippen molar-refractivity contribution < 1.29 is 22.4 Å². The second kappa shape index (κ2) is 12.2. The molecule has 0 spiro atoms. The Labute approximate surface area is 123 Å². The van der Waals surface area contributed by atoms with Crippen molar-refractivity contribution in [2.45, 2.75) is 58.3 Å². The van der Waals surface area contributed by atoms with Crippen molar-refractivity contribution in [3.05, 3.63) is 12.3 Å². The molecule has 0 heterocycles. The summed E-state index contributed by atoms with van der Waals surface area (Å²) in [7, 11) is -4.07. The van der Waals surface area contributed by atoms with Crippen LogP contribution in [0.1, 0.15) is 58.3 Å². The van der Waals surface area contributed by atoms with Crippen LogP contribution in [0.25, 0.3) is 0 Å². The van der Waals surface area contributed by atoms with Crippen molar-refractivity contribution in [3.63, 3.8) is 0 Å². The van der Waals surface area contributed by atoms with Crippen molar-refractivity contribution in [2.24, 2.45) is 0 Å². The number of rotatable bonds is 14. The summed E-state index contributed by atoms with van der Waals surface area (Å²) in [6, 6.07) is 0. The molecule has 0 aliphatic heterocycles. The molecule has 0 aromatic heterocycles. The molecule has 0 unspecified atom stereocenters. The molecule has 0 aromatic rings. The van der Waals surface area contributed by atoms with E-state index in [0.717, 1.165) is 12.8 Å². The van der Waals surface area contributed by atoms with E-state index >= 15 is 0 Å². The molecular formula is C14H28O5S. The van der Waals surface area contributed by atoms with Crippen LogP contribution in [-0.2, 0) is 19.6 Å². The lowest BCUT2D eigenvalue weighted by atomic mass is 10.1. The van der Waals surface area contributed by atoms with Crippen molar-refractivity contribution in [3.8, 4) is 0 Å². The lowest BCUT2D eigenvalue weighted by Crippen LogP contribution is -2.10. The van der Waals surface area contributed by atoms with E-state index in [1.54, 1.807) is 0 Å². The van der Waals surface area contributed by atoms with Crippen molar-refractivity contribution >= 4 is 10.1 Å². The molecule has 0 atom stereocenters. The van der Waals surface area contributed by atoms with Crippen LogP contribution in [-0.4, -0.2) is 32.1 Å². The quantitative estimate of drug-likeness (QED) is 0.230. The van der Waals surface area contributed by atoms with Gasteiger partial charge in [-0.05, 0) is 6.42 Å². The van der Waals surface area contributed by atoms with Crippen LogP contribution in [0, 0.1) is 0 Å². The Balaban J connectivity index is 3.23. The van der Waals surface area contributed by atoms with Crippen LogP contribution in [0.4, 0.5) is 0 Å². The minimum Gasteiger partial charge on any atom is -0.471 e. The summed E-state index contributed by atoms with van der Waals surface area (Å²) in [6.45, 7) is 6.16. The molecule has 0 fully saturated rings. The van der Waals surface area contributed by atoms with E-state index in [2.05, 4.69) is 13.5 Å². The third-order valence-electron chi connectivity index (χ3n) is 2.83. The molecule has 6 heteroatoms. The Morgan fingerprint density at radius 1 is 1.05 bits per heavy atom. The zero-order valence-electron chi connectivity index (χ0n) is 12.5. The van der Waals surface area contributed by atoms with E-state index in [4.69, 9.17) is 14.0 Å². The van der Waals surface area contributed by atoms with Gasteiger partial charge in [-0.15, -0.1) is 0 Å². The molecule has 0 saturated carbocycles. The van der Waals surface area contributed by atoms with Gasteiger partial charge in [-0.3, -0.25) is 4.55 Å². The first kappa shape index (κ1) is 19.4. The predicted octanol–water partition coefficient (Wildman–Crippen LogP) is 3.52. The average molecular weight is 308 g/mol. The number of ether oxygens (including phenoxy) is 2. The van der Waals surface area contributed by atoms with Crippen LogP contribution in [0.2, 0.25) is 0 Å². The third-order valence-corrected chi connectivity index (χ3v) is 3.52. The first-order valence-electron chi connectivity index (χ1n) is 7.29. The second-order valence-corrected chi connectivity index (χ2v) is 6.36. The molecule has 5 nitrogen and oxygen atoms in total. The topological polar surface area (TPSA) is 72.8 Å². The summed E-state index contributed by atoms with van der Waals surface area (Å²) in [5.74, 6) is -0.600. The standard InChI is InChI=1S/C14H28O5S/c1-3-4-5-6-7-8-9-10-11-18-13-19-14(2)12-20(15,16)17/h2-13H2,1H3,(H,15,16,17). The zero-order chi connectivity index (χ0) is 15.3. The Bertz CT molecular complexity index is 337. The van der Waals surface area contributed by atoms with Crippen molar-refractivity contribution in [2.75, 3.05) is 19.2 Å². The molecule has 120 valence electrons. The minimum absolute atomic E-state index is 0.0107. The van der Waals surface area contributed by atoms with Gasteiger partial charge < -0.3 is 9.47 Å². The zero-order valence-corrected chi connectivity index (χ0v) is 13.3. The van der Waals surface area contributed by atoms with E-state index in [0.29, 0.717) is 6.61 Å². The van der Waals surface area contributed by atoms with E-state index < -0.39 is 15.9 Å². The monoisotopic (exact) mass is 308 g/mol. The molecule has 0 aromatic carbocycles. The highest BCUT2D eigenvalue weighted by Crippen LogP contribution is 2.08. The fourth-order valence-corrected chi connectivity index (χ4v) is 2.26. The van der Waals surface area contributed by atoms with Crippen LogP contribution in [0.5, 0.6) is 0 Å². The largest absolute Gasteiger partial charge is 0.471 e. The normalized spacial score (nSPS) is 11.5. The van der Waals surface area contributed by atoms with Crippen molar-refractivity contribution in [1.82, 2.24) is 0 Å². The molecule has 0 amide bonds. The lowest BCUT2D eigenvalue weighted by Gasteiger charge is -2.08. The summed E-state index contributed by atoms with van der Waals surface area (Å²) in [5.41, 5.74) is 0. The van der Waals surface area contributed by atoms with Gasteiger partial charge in [0.25, 0.3) is 10.1 Å². The fraction of sp³-hybridized carbons (Fsp3) is 0.857. The number of hydrogen-bond donors (Lipinski definition) is 1. The van der Waals surface area contributed by atoms with E-state index in [9.17, 15) is 8.42 Å². The minimum atomic E-state index is -4.07. The number of hydrogen-bond acceptors (Lipinski definition) is 4. The Hall–Kier alpha value is -0.590. The number of unbranched alkanes of at least 4 members (excludes halogenated alkanes) is 7. The van der Waals surface area contributed by atoms with Gasteiger partial charge in [0.05, 0.1) is 6.61 Å². The Kier molecular flexibility index (Phi) is 11.8. The third kappa shape index (κ3) is 15.5. The van der Waals surface area contributed by atoms with Crippen LogP contribution in [0.15, 0.2) is 12.3 Å². The summed E-state index contributed by atoms with van der Waals surface area (Å²) < 4.78 is 39.7. The molecule has 20 heavy (non-hydrogen) atoms. The summed E-state index contributed by atoms with van der Waals surface area (Å²) in [6.07, 6.45) is 9.86. The van der Waals surface area contributed by atoms with Crippen LogP contribution in [0.3, 0.4) is 0 Å².